The predicted octanol–water partition coefficient (Wildman–Crippen LogP) is 0.551. The second-order valence-electron chi connectivity index (χ2n) is 5.24. The quantitative estimate of drug-likeness (QED) is 0.781. The van der Waals surface area contributed by atoms with E-state index >= 15 is 0 Å². The molecule has 1 fully saturated rings. The number of nitrogens with one attached hydrogen (secondary N) is 1. The summed E-state index contributed by atoms with van der Waals surface area (Å²) in [5.74, 6) is -0.591. The Morgan fingerprint density at radius 1 is 1.33 bits per heavy atom. The van der Waals surface area contributed by atoms with Gasteiger partial charge in [-0.15, -0.1) is 0 Å². The van der Waals surface area contributed by atoms with E-state index < -0.39 is 5.97 Å². The lowest BCUT2D eigenvalue weighted by molar-refractivity contribution is -0.904. The van der Waals surface area contributed by atoms with Crippen molar-refractivity contribution in [3.8, 4) is 5.75 Å². The van der Waals surface area contributed by atoms with Gasteiger partial charge in [0.15, 0.2) is 0 Å². The molecular formula is C16H20ClNO3. The van der Waals surface area contributed by atoms with E-state index in [4.69, 9.17) is 16.3 Å². The number of carboxylic acids is 1. The van der Waals surface area contributed by atoms with Crippen molar-refractivity contribution >= 4 is 23.6 Å². The molecule has 0 unspecified atom stereocenters. The third-order valence-corrected chi connectivity index (χ3v) is 3.88. The van der Waals surface area contributed by atoms with E-state index in [1.807, 2.05) is 0 Å². The van der Waals surface area contributed by atoms with Crippen molar-refractivity contribution in [3.63, 3.8) is 0 Å². The molecule has 21 heavy (non-hydrogen) atoms. The predicted molar refractivity (Wildman–Crippen MR) is 80.4 cm³/mol. The summed E-state index contributed by atoms with van der Waals surface area (Å²) in [4.78, 5) is 12.1. The number of likely N-dealkylation sites (tertiary alicyclic amines) is 1. The Morgan fingerprint density at radius 3 is 2.81 bits per heavy atom. The zero-order chi connectivity index (χ0) is 15.1. The van der Waals surface area contributed by atoms with Gasteiger partial charge in [-0.2, -0.15) is 0 Å². The van der Waals surface area contributed by atoms with Gasteiger partial charge in [-0.05, 0) is 49.6 Å². The van der Waals surface area contributed by atoms with Crippen LogP contribution >= 0.6 is 11.6 Å². The first-order valence-electron chi connectivity index (χ1n) is 7.30. The second-order valence-corrected chi connectivity index (χ2v) is 5.68. The van der Waals surface area contributed by atoms with Crippen LogP contribution in [0.5, 0.6) is 5.75 Å². The summed E-state index contributed by atoms with van der Waals surface area (Å²) < 4.78 is 5.78. The lowest BCUT2D eigenvalue weighted by Crippen LogP contribution is -3.13. The average molecular weight is 310 g/mol. The van der Waals surface area contributed by atoms with Gasteiger partial charge >= 0.3 is 0 Å². The summed E-state index contributed by atoms with van der Waals surface area (Å²) in [6, 6.07) is 5.19. The number of rotatable bonds is 6. The number of hydrogen-bond donors (Lipinski definition) is 1. The number of ether oxygens (including phenoxy) is 1. The Bertz CT molecular complexity index is 510. The highest BCUT2D eigenvalue weighted by molar-refractivity contribution is 6.30. The van der Waals surface area contributed by atoms with Gasteiger partial charge in [0.2, 0.25) is 0 Å². The van der Waals surface area contributed by atoms with E-state index in [2.05, 4.69) is 0 Å². The van der Waals surface area contributed by atoms with E-state index in [1.165, 1.54) is 38.4 Å². The van der Waals surface area contributed by atoms with Crippen LogP contribution in [0, 0.1) is 0 Å². The molecule has 5 heteroatoms. The molecule has 0 aliphatic carbocycles. The molecule has 0 radical (unpaired) electrons. The highest BCUT2D eigenvalue weighted by Crippen LogP contribution is 2.24. The minimum Gasteiger partial charge on any atom is -0.545 e. The van der Waals surface area contributed by atoms with Gasteiger partial charge in [-0.25, -0.2) is 0 Å². The molecule has 4 nitrogen and oxygen atoms in total. The van der Waals surface area contributed by atoms with E-state index in [-0.39, 0.29) is 0 Å². The Morgan fingerprint density at radius 2 is 2.10 bits per heavy atom. The maximum atomic E-state index is 10.5. The van der Waals surface area contributed by atoms with E-state index in [0.29, 0.717) is 22.9 Å². The maximum absolute atomic E-state index is 10.5. The monoisotopic (exact) mass is 309 g/mol. The molecule has 1 aliphatic rings. The highest BCUT2D eigenvalue weighted by Gasteiger charge is 2.13. The molecule has 1 aliphatic heterocycles. The number of aliphatic carboxylic acids is 1. The van der Waals surface area contributed by atoms with Crippen molar-refractivity contribution in [3.05, 3.63) is 34.9 Å². The first-order valence-corrected chi connectivity index (χ1v) is 7.68. The van der Waals surface area contributed by atoms with Gasteiger partial charge < -0.3 is 19.5 Å². The molecule has 0 spiro atoms. The van der Waals surface area contributed by atoms with E-state index in [1.54, 1.807) is 23.1 Å². The van der Waals surface area contributed by atoms with Crippen LogP contribution in [0.1, 0.15) is 24.8 Å². The largest absolute Gasteiger partial charge is 0.545 e. The molecule has 0 saturated carbocycles. The first-order chi connectivity index (χ1) is 10.1. The van der Waals surface area contributed by atoms with E-state index in [0.717, 1.165) is 12.6 Å². The Labute approximate surface area is 130 Å². The molecule has 1 heterocycles. The third-order valence-electron chi connectivity index (χ3n) is 3.64. The van der Waals surface area contributed by atoms with Crippen LogP contribution in [0.15, 0.2) is 24.3 Å². The normalized spacial score (nSPS) is 16.2. The van der Waals surface area contributed by atoms with Crippen LogP contribution in [-0.4, -0.2) is 32.2 Å². The molecule has 0 atom stereocenters. The van der Waals surface area contributed by atoms with Crippen molar-refractivity contribution in [2.75, 3.05) is 26.2 Å². The van der Waals surface area contributed by atoms with Crippen molar-refractivity contribution in [2.45, 2.75) is 19.3 Å². The van der Waals surface area contributed by atoms with Crippen LogP contribution in [0.25, 0.3) is 6.08 Å². The number of carboxylic acid groups (broad SMARTS) is 1. The average Bonchev–Trinajstić information content (AvgIpc) is 2.48. The third kappa shape index (κ3) is 5.40. The Hall–Kier alpha value is -1.52. The summed E-state index contributed by atoms with van der Waals surface area (Å²) in [7, 11) is 0. The maximum Gasteiger partial charge on any atom is 0.137 e. The number of halogens is 1. The first kappa shape index (κ1) is 15.9. The number of carbonyl (C=O) groups excluding carboxylic acids is 1. The van der Waals surface area contributed by atoms with Gasteiger partial charge in [-0.1, -0.05) is 11.6 Å². The number of piperidine rings is 1. The number of carbonyl (C=O) groups is 1. The van der Waals surface area contributed by atoms with Crippen molar-refractivity contribution in [2.24, 2.45) is 0 Å². The van der Waals surface area contributed by atoms with Gasteiger partial charge in [-0.3, -0.25) is 0 Å². The fourth-order valence-electron chi connectivity index (χ4n) is 2.55. The lowest BCUT2D eigenvalue weighted by Gasteiger charge is -2.23. The minimum absolute atomic E-state index is 0.544. The van der Waals surface area contributed by atoms with Crippen LogP contribution in [0.2, 0.25) is 5.02 Å². The molecular weight excluding hydrogens is 290 g/mol. The molecule has 1 saturated heterocycles. The molecule has 114 valence electrons. The second kappa shape index (κ2) is 8.05. The van der Waals surface area contributed by atoms with Crippen LogP contribution in [0.4, 0.5) is 0 Å². The summed E-state index contributed by atoms with van der Waals surface area (Å²) in [6.07, 6.45) is 6.34. The molecule has 0 bridgehead atoms. The SMILES string of the molecule is O=C([O-])/C=C/c1cc(Cl)ccc1OCC[NH+]1CCCCC1. The standard InChI is InChI=1S/C16H20ClNO3/c17-14-5-6-15(13(12-14)4-7-16(19)20)21-11-10-18-8-2-1-3-9-18/h4-7,12H,1-3,8-11H2,(H,19,20)/b7-4+. The Balaban J connectivity index is 1.93. The topological polar surface area (TPSA) is 53.8 Å². The van der Waals surface area contributed by atoms with Crippen LogP contribution in [-0.2, 0) is 4.79 Å². The molecule has 1 aromatic rings. The zero-order valence-electron chi connectivity index (χ0n) is 11.9. The molecule has 1 N–H and O–H groups in total. The number of hydrogen-bond acceptors (Lipinski definition) is 3. The van der Waals surface area contributed by atoms with Crippen molar-refractivity contribution in [1.82, 2.24) is 0 Å². The smallest absolute Gasteiger partial charge is 0.137 e. The van der Waals surface area contributed by atoms with Crippen LogP contribution in [0.3, 0.4) is 0 Å². The molecule has 1 aromatic carbocycles. The number of benzene rings is 1. The highest BCUT2D eigenvalue weighted by atomic mass is 35.5. The van der Waals surface area contributed by atoms with E-state index in [9.17, 15) is 9.90 Å². The molecule has 2 rings (SSSR count). The summed E-state index contributed by atoms with van der Waals surface area (Å²) >= 11 is 5.93. The van der Waals surface area contributed by atoms with Gasteiger partial charge in [0.1, 0.15) is 18.9 Å². The fourth-order valence-corrected chi connectivity index (χ4v) is 2.73. The van der Waals surface area contributed by atoms with Gasteiger partial charge in [0, 0.05) is 10.6 Å². The fraction of sp³-hybridized carbons (Fsp3) is 0.438. The lowest BCUT2D eigenvalue weighted by atomic mass is 10.1. The van der Waals surface area contributed by atoms with Crippen LogP contribution < -0.4 is 14.7 Å². The minimum atomic E-state index is -1.24. The number of quaternary nitrogens is 1. The van der Waals surface area contributed by atoms with Gasteiger partial charge in [0.25, 0.3) is 0 Å². The summed E-state index contributed by atoms with van der Waals surface area (Å²) in [5.41, 5.74) is 0.653. The van der Waals surface area contributed by atoms with Gasteiger partial charge in [0.05, 0.1) is 19.1 Å². The Kier molecular flexibility index (Phi) is 6.08. The zero-order valence-corrected chi connectivity index (χ0v) is 12.7. The molecule has 0 aromatic heterocycles. The summed E-state index contributed by atoms with van der Waals surface area (Å²) in [5, 5.41) is 11.1. The summed E-state index contributed by atoms with van der Waals surface area (Å²) in [6.45, 7) is 4.00. The van der Waals surface area contributed by atoms with Crippen molar-refractivity contribution in [1.29, 1.82) is 0 Å². The molecule has 0 amide bonds. The van der Waals surface area contributed by atoms with Crippen molar-refractivity contribution < 1.29 is 19.5 Å².